The Bertz CT molecular complexity index is 765. The molecule has 3 rings (SSSR count). The predicted octanol–water partition coefficient (Wildman–Crippen LogP) is 1.41. The molecule has 1 aliphatic rings. The third kappa shape index (κ3) is 2.58. The molecule has 2 N–H and O–H groups in total. The summed E-state index contributed by atoms with van der Waals surface area (Å²) in [6.45, 7) is 0.256. The van der Waals surface area contributed by atoms with Crippen LogP contribution in [-0.2, 0) is 0 Å². The van der Waals surface area contributed by atoms with Crippen LogP contribution in [0.25, 0.3) is 11.3 Å². The molecular formula is C17H16N2O3. The number of pyridine rings is 1. The Kier molecular flexibility index (Phi) is 3.89. The summed E-state index contributed by atoms with van der Waals surface area (Å²) >= 11 is 0. The van der Waals surface area contributed by atoms with Crippen LogP contribution in [-0.4, -0.2) is 40.1 Å². The summed E-state index contributed by atoms with van der Waals surface area (Å²) in [5, 5.41) is 9.26. The van der Waals surface area contributed by atoms with Gasteiger partial charge in [0.1, 0.15) is 5.56 Å². The van der Waals surface area contributed by atoms with Gasteiger partial charge >= 0.3 is 0 Å². The number of hydrogen-bond donors (Lipinski definition) is 2. The van der Waals surface area contributed by atoms with Gasteiger partial charge in [-0.2, -0.15) is 0 Å². The molecule has 1 amide bonds. The fourth-order valence-electron chi connectivity index (χ4n) is 2.55. The highest BCUT2D eigenvalue weighted by Gasteiger charge is 2.26. The lowest BCUT2D eigenvalue weighted by Gasteiger charge is -2.22. The van der Waals surface area contributed by atoms with Gasteiger partial charge in [-0.05, 0) is 17.7 Å². The molecule has 112 valence electrons. The van der Waals surface area contributed by atoms with E-state index in [0.717, 1.165) is 5.56 Å². The molecule has 0 aliphatic carbocycles. The van der Waals surface area contributed by atoms with Gasteiger partial charge in [-0.1, -0.05) is 42.5 Å². The monoisotopic (exact) mass is 296 g/mol. The lowest BCUT2D eigenvalue weighted by molar-refractivity contribution is 0.0698. The highest BCUT2D eigenvalue weighted by atomic mass is 16.3. The summed E-state index contributed by atoms with van der Waals surface area (Å²) < 4.78 is 0. The van der Waals surface area contributed by atoms with E-state index in [1.54, 1.807) is 12.1 Å². The number of amides is 1. The summed E-state index contributed by atoms with van der Waals surface area (Å²) in [4.78, 5) is 28.9. The van der Waals surface area contributed by atoms with Crippen molar-refractivity contribution in [3.8, 4) is 11.3 Å². The van der Waals surface area contributed by atoms with E-state index >= 15 is 0 Å². The Hall–Kier alpha value is -2.66. The lowest BCUT2D eigenvalue weighted by Crippen LogP contribution is -2.40. The Morgan fingerprint density at radius 1 is 1.23 bits per heavy atom. The number of rotatable bonds is 3. The van der Waals surface area contributed by atoms with Crippen molar-refractivity contribution in [3.63, 3.8) is 0 Å². The molecule has 1 atom stereocenters. The van der Waals surface area contributed by atoms with Crippen LogP contribution >= 0.6 is 0 Å². The van der Waals surface area contributed by atoms with Gasteiger partial charge in [-0.3, -0.25) is 9.59 Å². The number of aromatic nitrogens is 1. The summed E-state index contributed by atoms with van der Waals surface area (Å²) in [5.74, 6) is -0.370. The zero-order valence-corrected chi connectivity index (χ0v) is 11.9. The second kappa shape index (κ2) is 5.99. The molecule has 1 aromatic heterocycles. The highest BCUT2D eigenvalue weighted by molar-refractivity contribution is 5.94. The minimum atomic E-state index is -0.421. The molecule has 0 fully saturated rings. The minimum Gasteiger partial charge on any atom is -0.394 e. The van der Waals surface area contributed by atoms with Crippen molar-refractivity contribution in [1.29, 1.82) is 0 Å². The minimum absolute atomic E-state index is 0.0850. The number of nitrogens with one attached hydrogen (secondary N) is 1. The number of hydrogen-bond acceptors (Lipinski definition) is 3. The fourth-order valence-corrected chi connectivity index (χ4v) is 2.55. The Morgan fingerprint density at radius 2 is 2.00 bits per heavy atom. The van der Waals surface area contributed by atoms with Gasteiger partial charge in [0.15, 0.2) is 0 Å². The van der Waals surface area contributed by atoms with Gasteiger partial charge in [0.05, 0.1) is 12.6 Å². The summed E-state index contributed by atoms with van der Waals surface area (Å²) in [6, 6.07) is 12.3. The van der Waals surface area contributed by atoms with Gasteiger partial charge in [0.2, 0.25) is 0 Å². The van der Waals surface area contributed by atoms with E-state index in [9.17, 15) is 14.7 Å². The molecule has 1 aromatic carbocycles. The van der Waals surface area contributed by atoms with Gasteiger partial charge < -0.3 is 15.0 Å². The van der Waals surface area contributed by atoms with Crippen LogP contribution in [0.3, 0.4) is 0 Å². The van der Waals surface area contributed by atoms with Gasteiger partial charge in [-0.25, -0.2) is 0 Å². The van der Waals surface area contributed by atoms with E-state index < -0.39 is 5.56 Å². The quantitative estimate of drug-likeness (QED) is 0.841. The molecular weight excluding hydrogens is 280 g/mol. The molecule has 2 heterocycles. The van der Waals surface area contributed by atoms with Crippen molar-refractivity contribution in [2.24, 2.45) is 0 Å². The van der Waals surface area contributed by atoms with Gasteiger partial charge in [0.25, 0.3) is 11.5 Å². The molecule has 0 radical (unpaired) electrons. The first kappa shape index (κ1) is 14.3. The number of benzene rings is 1. The largest absolute Gasteiger partial charge is 0.394 e. The molecule has 2 aromatic rings. The Labute approximate surface area is 127 Å². The molecule has 5 nitrogen and oxygen atoms in total. The number of aliphatic hydroxyl groups excluding tert-OH is 1. The smallest absolute Gasteiger partial charge is 0.261 e. The molecule has 0 unspecified atom stereocenters. The standard InChI is InChI=1S/C17H16N2O3/c20-11-13-7-4-10-19(13)17(22)14-8-9-15(18-16(14)21)12-5-2-1-3-6-12/h1-9,13,20H,10-11H2,(H,18,21)/t13-/m1/s1. The fraction of sp³-hybridized carbons (Fsp3) is 0.176. The van der Waals surface area contributed by atoms with Crippen molar-refractivity contribution < 1.29 is 9.90 Å². The van der Waals surface area contributed by atoms with Crippen molar-refractivity contribution in [2.75, 3.05) is 13.2 Å². The van der Waals surface area contributed by atoms with E-state index in [4.69, 9.17) is 0 Å². The molecule has 0 spiro atoms. The third-order valence-electron chi connectivity index (χ3n) is 3.73. The number of nitrogens with zero attached hydrogens (tertiary/aromatic N) is 1. The summed E-state index contributed by atoms with van der Waals surface area (Å²) in [5.41, 5.74) is 1.21. The zero-order valence-electron chi connectivity index (χ0n) is 11.9. The highest BCUT2D eigenvalue weighted by Crippen LogP contribution is 2.16. The average Bonchev–Trinajstić information content (AvgIpc) is 3.03. The summed E-state index contributed by atoms with van der Waals surface area (Å²) in [7, 11) is 0. The zero-order chi connectivity index (χ0) is 15.5. The van der Waals surface area contributed by atoms with E-state index in [1.165, 1.54) is 11.0 Å². The number of carbonyl (C=O) groups excluding carboxylic acids is 1. The van der Waals surface area contributed by atoms with Crippen molar-refractivity contribution in [3.05, 3.63) is 70.5 Å². The van der Waals surface area contributed by atoms with E-state index in [1.807, 2.05) is 36.4 Å². The molecule has 22 heavy (non-hydrogen) atoms. The van der Waals surface area contributed by atoms with Crippen LogP contribution in [0.2, 0.25) is 0 Å². The maximum Gasteiger partial charge on any atom is 0.261 e. The summed E-state index contributed by atoms with van der Waals surface area (Å²) in [6.07, 6.45) is 3.58. The topological polar surface area (TPSA) is 73.4 Å². The number of aromatic amines is 1. The normalized spacial score (nSPS) is 17.0. The molecule has 0 bridgehead atoms. The Morgan fingerprint density at radius 3 is 2.68 bits per heavy atom. The number of carbonyl (C=O) groups is 1. The van der Waals surface area contributed by atoms with Crippen LogP contribution in [0.15, 0.2) is 59.4 Å². The lowest BCUT2D eigenvalue weighted by atomic mass is 10.1. The van der Waals surface area contributed by atoms with Crippen LogP contribution in [0, 0.1) is 0 Å². The Balaban J connectivity index is 1.90. The SMILES string of the molecule is O=C(c1ccc(-c2ccccc2)[nH]c1=O)N1CC=C[C@@H]1CO. The van der Waals surface area contributed by atoms with Crippen molar-refractivity contribution >= 4 is 5.91 Å². The van der Waals surface area contributed by atoms with Crippen molar-refractivity contribution in [1.82, 2.24) is 9.88 Å². The van der Waals surface area contributed by atoms with Crippen LogP contribution in [0.4, 0.5) is 0 Å². The maximum absolute atomic E-state index is 12.4. The molecule has 5 heteroatoms. The molecule has 0 saturated carbocycles. The van der Waals surface area contributed by atoms with Crippen LogP contribution in [0.5, 0.6) is 0 Å². The van der Waals surface area contributed by atoms with E-state index in [-0.39, 0.29) is 24.1 Å². The van der Waals surface area contributed by atoms with E-state index in [2.05, 4.69) is 4.98 Å². The van der Waals surface area contributed by atoms with Gasteiger partial charge in [-0.15, -0.1) is 0 Å². The second-order valence-electron chi connectivity index (χ2n) is 5.12. The molecule has 1 aliphatic heterocycles. The van der Waals surface area contributed by atoms with Crippen LogP contribution in [0.1, 0.15) is 10.4 Å². The second-order valence-corrected chi connectivity index (χ2v) is 5.12. The van der Waals surface area contributed by atoms with E-state index in [0.29, 0.717) is 12.2 Å². The number of H-pyrrole nitrogens is 1. The first-order valence-electron chi connectivity index (χ1n) is 7.08. The maximum atomic E-state index is 12.4. The molecule has 0 saturated heterocycles. The predicted molar refractivity (Wildman–Crippen MR) is 83.5 cm³/mol. The van der Waals surface area contributed by atoms with Gasteiger partial charge in [0, 0.05) is 12.2 Å². The average molecular weight is 296 g/mol. The first-order chi connectivity index (χ1) is 10.7. The van der Waals surface area contributed by atoms with Crippen molar-refractivity contribution in [2.45, 2.75) is 6.04 Å². The van der Waals surface area contributed by atoms with Crippen LogP contribution < -0.4 is 5.56 Å². The third-order valence-corrected chi connectivity index (χ3v) is 3.73. The number of aliphatic hydroxyl groups is 1. The first-order valence-corrected chi connectivity index (χ1v) is 7.08.